The Balaban J connectivity index is 1.39. The average molecular weight is 475 g/mol. The molecule has 0 saturated heterocycles. The Hall–Kier alpha value is -3.84. The van der Waals surface area contributed by atoms with Crippen LogP contribution in [0.15, 0.2) is 82.2 Å². The first-order valence-corrected chi connectivity index (χ1v) is 11.8. The van der Waals surface area contributed by atoms with E-state index in [1.54, 1.807) is 17.6 Å². The summed E-state index contributed by atoms with van der Waals surface area (Å²) in [5.74, 6) is -0.341. The van der Waals surface area contributed by atoms with Crippen LogP contribution in [0.1, 0.15) is 23.1 Å². The van der Waals surface area contributed by atoms with Crippen LogP contribution in [0.2, 0.25) is 0 Å². The van der Waals surface area contributed by atoms with Gasteiger partial charge in [0.2, 0.25) is 5.91 Å². The number of hydroxylamine groups is 1. The third-order valence-electron chi connectivity index (χ3n) is 6.12. The normalized spacial score (nSPS) is 13.7. The van der Waals surface area contributed by atoms with E-state index < -0.39 is 17.5 Å². The SMILES string of the molecule is Cc1ccc2oc(=O)c(CC(CCc3cccc(OCCN4C=CC=CC4)c3)C(=O)NO)cc2c1. The van der Waals surface area contributed by atoms with Gasteiger partial charge >= 0.3 is 5.63 Å². The van der Waals surface area contributed by atoms with E-state index in [0.717, 1.165) is 35.4 Å². The molecule has 0 aliphatic carbocycles. The van der Waals surface area contributed by atoms with Crippen LogP contribution in [-0.4, -0.2) is 35.7 Å². The fourth-order valence-electron chi connectivity index (χ4n) is 4.20. The highest BCUT2D eigenvalue weighted by Gasteiger charge is 2.21. The summed E-state index contributed by atoms with van der Waals surface area (Å²) >= 11 is 0. The van der Waals surface area contributed by atoms with Gasteiger partial charge in [0.05, 0.1) is 6.54 Å². The van der Waals surface area contributed by atoms with Crippen LogP contribution in [0.4, 0.5) is 0 Å². The van der Waals surface area contributed by atoms with Gasteiger partial charge in [-0.3, -0.25) is 10.0 Å². The molecule has 0 radical (unpaired) electrons. The van der Waals surface area contributed by atoms with Gasteiger partial charge < -0.3 is 14.1 Å². The molecule has 1 amide bonds. The van der Waals surface area contributed by atoms with E-state index in [1.807, 2.05) is 61.7 Å². The average Bonchev–Trinajstić information content (AvgIpc) is 2.87. The zero-order valence-electron chi connectivity index (χ0n) is 19.8. The van der Waals surface area contributed by atoms with E-state index >= 15 is 0 Å². The minimum Gasteiger partial charge on any atom is -0.492 e. The van der Waals surface area contributed by atoms with E-state index in [-0.39, 0.29) is 6.42 Å². The molecule has 182 valence electrons. The molecule has 1 aromatic heterocycles. The maximum atomic E-state index is 12.5. The van der Waals surface area contributed by atoms with Gasteiger partial charge in [-0.2, -0.15) is 0 Å². The number of carbonyl (C=O) groups excluding carboxylic acids is 1. The summed E-state index contributed by atoms with van der Waals surface area (Å²) in [4.78, 5) is 27.1. The number of hydrogen-bond donors (Lipinski definition) is 2. The van der Waals surface area contributed by atoms with Crippen molar-refractivity contribution in [3.8, 4) is 5.75 Å². The van der Waals surface area contributed by atoms with Crippen molar-refractivity contribution in [2.75, 3.05) is 19.7 Å². The molecule has 2 N–H and O–H groups in total. The molecule has 0 saturated carbocycles. The first-order valence-electron chi connectivity index (χ1n) is 11.8. The predicted octanol–water partition coefficient (Wildman–Crippen LogP) is 4.16. The van der Waals surface area contributed by atoms with Crippen LogP contribution < -0.4 is 15.8 Å². The van der Waals surface area contributed by atoms with Gasteiger partial charge in [-0.25, -0.2) is 10.3 Å². The van der Waals surface area contributed by atoms with E-state index in [2.05, 4.69) is 11.0 Å². The molecule has 3 aromatic rings. The van der Waals surface area contributed by atoms with Gasteiger partial charge in [0.15, 0.2) is 0 Å². The van der Waals surface area contributed by atoms with Crippen LogP contribution in [-0.2, 0) is 17.6 Å². The minimum atomic E-state index is -0.589. The van der Waals surface area contributed by atoms with E-state index in [0.29, 0.717) is 30.6 Å². The summed E-state index contributed by atoms with van der Waals surface area (Å²) in [5, 5.41) is 10.1. The topological polar surface area (TPSA) is 92.0 Å². The molecule has 0 spiro atoms. The standard InChI is InChI=1S/C28H30N2O5/c1-20-8-11-26-23(16-20)19-24(28(32)35-26)18-22(27(31)29-33)10-9-21-6-5-7-25(17-21)34-15-14-30-12-3-2-4-13-30/h2-8,11-12,16-17,19,22,33H,9-10,13-15,18H2,1H3,(H,29,31). The van der Waals surface area contributed by atoms with Crippen molar-refractivity contribution in [1.29, 1.82) is 0 Å². The Morgan fingerprint density at radius 3 is 2.89 bits per heavy atom. The molecule has 1 aliphatic rings. The van der Waals surface area contributed by atoms with Crippen molar-refractivity contribution in [2.24, 2.45) is 5.92 Å². The molecule has 1 aliphatic heterocycles. The molecular formula is C28H30N2O5. The zero-order valence-corrected chi connectivity index (χ0v) is 19.8. The van der Waals surface area contributed by atoms with E-state index in [4.69, 9.17) is 9.15 Å². The number of fused-ring (bicyclic) bond motifs is 1. The third-order valence-corrected chi connectivity index (χ3v) is 6.12. The van der Waals surface area contributed by atoms with Crippen molar-refractivity contribution in [2.45, 2.75) is 26.2 Å². The maximum absolute atomic E-state index is 12.5. The fourth-order valence-corrected chi connectivity index (χ4v) is 4.20. The van der Waals surface area contributed by atoms with Crippen molar-refractivity contribution in [3.05, 3.63) is 100 Å². The van der Waals surface area contributed by atoms with Gasteiger partial charge in [0.1, 0.15) is 17.9 Å². The third kappa shape index (κ3) is 6.61. The highest BCUT2D eigenvalue weighted by atomic mass is 16.5. The molecule has 7 nitrogen and oxygen atoms in total. The van der Waals surface area contributed by atoms with Gasteiger partial charge in [-0.1, -0.05) is 35.9 Å². The quantitative estimate of drug-likeness (QED) is 0.260. The maximum Gasteiger partial charge on any atom is 0.339 e. The Morgan fingerprint density at radius 2 is 2.09 bits per heavy atom. The van der Waals surface area contributed by atoms with Gasteiger partial charge in [-0.05, 0) is 74.4 Å². The van der Waals surface area contributed by atoms with Crippen molar-refractivity contribution < 1.29 is 19.2 Å². The van der Waals surface area contributed by atoms with Gasteiger partial charge in [0, 0.05) is 23.4 Å². The smallest absolute Gasteiger partial charge is 0.339 e. The largest absolute Gasteiger partial charge is 0.492 e. The molecule has 35 heavy (non-hydrogen) atoms. The van der Waals surface area contributed by atoms with Crippen LogP contribution in [0.3, 0.4) is 0 Å². The molecular weight excluding hydrogens is 444 g/mol. The number of ether oxygens (including phenoxy) is 1. The van der Waals surface area contributed by atoms with E-state index in [9.17, 15) is 14.8 Å². The Kier molecular flexibility index (Phi) is 8.00. The molecule has 2 aromatic carbocycles. The van der Waals surface area contributed by atoms with E-state index in [1.165, 1.54) is 0 Å². The minimum absolute atomic E-state index is 0.173. The predicted molar refractivity (Wildman–Crippen MR) is 134 cm³/mol. The summed E-state index contributed by atoms with van der Waals surface area (Å²) in [5.41, 5.74) is 4.27. The second-order valence-corrected chi connectivity index (χ2v) is 8.78. The van der Waals surface area contributed by atoms with Crippen molar-refractivity contribution in [3.63, 3.8) is 0 Å². The summed E-state index contributed by atoms with van der Waals surface area (Å²) in [7, 11) is 0. The highest BCUT2D eigenvalue weighted by molar-refractivity contribution is 5.79. The number of allylic oxidation sites excluding steroid dienone is 2. The molecule has 0 fully saturated rings. The molecule has 2 heterocycles. The van der Waals surface area contributed by atoms with Crippen LogP contribution in [0, 0.1) is 12.8 Å². The number of carbonyl (C=O) groups is 1. The summed E-state index contributed by atoms with van der Waals surface area (Å²) in [6.45, 7) is 4.20. The van der Waals surface area contributed by atoms with Crippen LogP contribution in [0.5, 0.6) is 5.75 Å². The Labute approximate surface area is 204 Å². The first-order chi connectivity index (χ1) is 17.0. The summed E-state index contributed by atoms with van der Waals surface area (Å²) in [6.07, 6.45) is 9.39. The lowest BCUT2D eigenvalue weighted by Crippen LogP contribution is -2.31. The second-order valence-electron chi connectivity index (χ2n) is 8.78. The lowest BCUT2D eigenvalue weighted by atomic mass is 9.92. The summed E-state index contributed by atoms with van der Waals surface area (Å²) < 4.78 is 11.4. The zero-order chi connectivity index (χ0) is 24.6. The molecule has 1 atom stereocenters. The molecule has 7 heteroatoms. The van der Waals surface area contributed by atoms with Crippen molar-refractivity contribution in [1.82, 2.24) is 10.4 Å². The number of benzene rings is 2. The lowest BCUT2D eigenvalue weighted by Gasteiger charge is -2.20. The van der Waals surface area contributed by atoms with Gasteiger partial charge in [0.25, 0.3) is 0 Å². The van der Waals surface area contributed by atoms with Gasteiger partial charge in [-0.15, -0.1) is 0 Å². The number of aryl methyl sites for hydroxylation is 2. The number of rotatable bonds is 10. The number of amides is 1. The van der Waals surface area contributed by atoms with Crippen LogP contribution >= 0.6 is 0 Å². The number of nitrogens with zero attached hydrogens (tertiary/aromatic N) is 1. The second kappa shape index (κ2) is 11.5. The highest BCUT2D eigenvalue weighted by Crippen LogP contribution is 2.21. The lowest BCUT2D eigenvalue weighted by molar-refractivity contribution is -0.133. The fraction of sp³-hybridized carbons (Fsp3) is 0.286. The number of hydrogen-bond acceptors (Lipinski definition) is 6. The summed E-state index contributed by atoms with van der Waals surface area (Å²) in [6, 6.07) is 15.1. The Bertz CT molecular complexity index is 1290. The first kappa shape index (κ1) is 24.3. The molecule has 4 rings (SSSR count). The molecule has 0 bridgehead atoms. The number of nitrogens with one attached hydrogen (secondary N) is 1. The van der Waals surface area contributed by atoms with Crippen LogP contribution in [0.25, 0.3) is 11.0 Å². The monoisotopic (exact) mass is 474 g/mol. The van der Waals surface area contributed by atoms with Crippen molar-refractivity contribution >= 4 is 16.9 Å². The Morgan fingerprint density at radius 1 is 1.20 bits per heavy atom. The molecule has 1 unspecified atom stereocenters.